The van der Waals surface area contributed by atoms with Gasteiger partial charge in [0.15, 0.2) is 11.2 Å². The summed E-state index contributed by atoms with van der Waals surface area (Å²) in [6.45, 7) is 3.55. The smallest absolute Gasteiger partial charge is 0.333 e. The van der Waals surface area contributed by atoms with Gasteiger partial charge in [-0.25, -0.2) is 9.36 Å². The van der Waals surface area contributed by atoms with Crippen molar-refractivity contribution in [3.63, 3.8) is 0 Å². The zero-order valence-electron chi connectivity index (χ0n) is 9.34. The van der Waals surface area contributed by atoms with E-state index in [0.29, 0.717) is 0 Å². The number of nitrogens with two attached hydrogens (primary N) is 2. The normalized spacial score (nSPS) is 11.0. The molecule has 0 aromatic carbocycles. The van der Waals surface area contributed by atoms with E-state index in [1.165, 1.54) is 4.57 Å². The molecule has 0 amide bonds. The van der Waals surface area contributed by atoms with Crippen LogP contribution in [0.4, 0.5) is 0 Å². The monoisotopic (exact) mass is 270 g/mol. The molecule has 4 N–H and O–H groups in total. The fourth-order valence-corrected chi connectivity index (χ4v) is 1.92. The summed E-state index contributed by atoms with van der Waals surface area (Å²) in [5, 5.41) is 0.0513. The molecule has 0 saturated heterocycles. The number of nitrogen functional groups attached to an aromatic ring is 1. The van der Waals surface area contributed by atoms with E-state index in [1.54, 1.807) is 6.08 Å². The van der Waals surface area contributed by atoms with Crippen molar-refractivity contribution >= 4 is 22.8 Å². The van der Waals surface area contributed by atoms with Crippen LogP contribution in [0.25, 0.3) is 11.2 Å². The molecule has 0 unspecified atom stereocenters. The highest BCUT2D eigenvalue weighted by Gasteiger charge is 2.18. The molecule has 0 bridgehead atoms. The predicted molar refractivity (Wildman–Crippen MR) is 67.8 cm³/mol. The zero-order valence-corrected chi connectivity index (χ0v) is 10.1. The molecule has 0 aliphatic rings. The summed E-state index contributed by atoms with van der Waals surface area (Å²) in [4.78, 5) is 27.7. The van der Waals surface area contributed by atoms with Gasteiger partial charge in [0.05, 0.1) is 6.67 Å². The van der Waals surface area contributed by atoms with Crippen molar-refractivity contribution in [2.24, 2.45) is 5.73 Å². The van der Waals surface area contributed by atoms with Gasteiger partial charge in [0.1, 0.15) is 0 Å². The van der Waals surface area contributed by atoms with E-state index < -0.39 is 11.2 Å². The van der Waals surface area contributed by atoms with E-state index in [4.69, 9.17) is 23.2 Å². The first kappa shape index (κ1) is 12.4. The third kappa shape index (κ3) is 1.54. The summed E-state index contributed by atoms with van der Waals surface area (Å²) in [5.74, 6) is 5.57. The number of nitrogens with zero attached hydrogens (tertiary/aromatic N) is 4. The second-order valence-corrected chi connectivity index (χ2v) is 3.86. The summed E-state index contributed by atoms with van der Waals surface area (Å²) in [7, 11) is 0. The quantitative estimate of drug-likeness (QED) is 0.414. The molecule has 0 fully saturated rings. The van der Waals surface area contributed by atoms with E-state index in [2.05, 4.69) is 11.6 Å². The Kier molecular flexibility index (Phi) is 2.97. The molecular formula is C9H11ClN6O2. The molecule has 96 valence electrons. The van der Waals surface area contributed by atoms with Crippen molar-refractivity contribution in [3.05, 3.63) is 38.8 Å². The van der Waals surface area contributed by atoms with Crippen LogP contribution in [-0.4, -0.2) is 18.8 Å². The second kappa shape index (κ2) is 4.31. The van der Waals surface area contributed by atoms with Crippen molar-refractivity contribution in [2.45, 2.75) is 13.2 Å². The topological polar surface area (TPSA) is 114 Å². The maximum atomic E-state index is 12.1. The zero-order chi connectivity index (χ0) is 13.4. The molecule has 2 rings (SSSR count). The number of halogens is 1. The fraction of sp³-hybridized carbons (Fsp3) is 0.222. The van der Waals surface area contributed by atoms with Crippen LogP contribution >= 0.6 is 11.6 Å². The Morgan fingerprint density at radius 1 is 1.39 bits per heavy atom. The Balaban J connectivity index is 3.04. The summed E-state index contributed by atoms with van der Waals surface area (Å²) in [6.07, 6.45) is 1.55. The minimum Gasteiger partial charge on any atom is -0.333 e. The molecule has 0 saturated carbocycles. The van der Waals surface area contributed by atoms with Gasteiger partial charge >= 0.3 is 5.69 Å². The van der Waals surface area contributed by atoms with Gasteiger partial charge in [0.25, 0.3) is 5.56 Å². The first-order valence-corrected chi connectivity index (χ1v) is 5.38. The lowest BCUT2D eigenvalue weighted by atomic mass is 10.5. The molecule has 8 nitrogen and oxygen atoms in total. The Morgan fingerprint density at radius 3 is 2.61 bits per heavy atom. The Morgan fingerprint density at radius 2 is 2.06 bits per heavy atom. The number of fused-ring (bicyclic) bond motifs is 1. The van der Waals surface area contributed by atoms with Crippen LogP contribution in [0.3, 0.4) is 0 Å². The largest absolute Gasteiger partial charge is 0.352 e. The maximum absolute atomic E-state index is 12.1. The van der Waals surface area contributed by atoms with Crippen LogP contribution in [0.5, 0.6) is 0 Å². The third-order valence-corrected chi connectivity index (χ3v) is 2.80. The van der Waals surface area contributed by atoms with E-state index >= 15 is 0 Å². The number of hydrogen-bond acceptors (Lipinski definition) is 5. The van der Waals surface area contributed by atoms with Crippen LogP contribution in [0, 0.1) is 0 Å². The molecule has 18 heavy (non-hydrogen) atoms. The van der Waals surface area contributed by atoms with E-state index in [9.17, 15) is 9.59 Å². The fourth-order valence-electron chi connectivity index (χ4n) is 1.68. The molecular weight excluding hydrogens is 260 g/mol. The molecule has 0 atom stereocenters. The first-order valence-electron chi connectivity index (χ1n) is 5.00. The maximum Gasteiger partial charge on any atom is 0.352 e. The number of hydrogen-bond donors (Lipinski definition) is 2. The molecule has 0 radical (unpaired) electrons. The van der Waals surface area contributed by atoms with Gasteiger partial charge in [-0.05, 0) is 11.6 Å². The Labute approximate surface area is 106 Å². The lowest BCUT2D eigenvalue weighted by Crippen LogP contribution is -2.45. The van der Waals surface area contributed by atoms with E-state index in [1.807, 2.05) is 0 Å². The van der Waals surface area contributed by atoms with Gasteiger partial charge in [-0.2, -0.15) is 9.66 Å². The highest BCUT2D eigenvalue weighted by molar-refractivity contribution is 6.29. The molecule has 0 aliphatic heterocycles. The standard InChI is InChI=1S/C9H11ClN6O2/c1-2-3-14-5-6(13-8(14)10)16(12)9(18)15(4-11)7(5)17/h2H,1,3-4,11-12H2. The van der Waals surface area contributed by atoms with Gasteiger partial charge in [-0.3, -0.25) is 4.79 Å². The average Bonchev–Trinajstić information content (AvgIpc) is 2.66. The summed E-state index contributed by atoms with van der Waals surface area (Å²) >= 11 is 5.89. The van der Waals surface area contributed by atoms with Crippen molar-refractivity contribution in [2.75, 3.05) is 5.84 Å². The molecule has 9 heteroatoms. The lowest BCUT2D eigenvalue weighted by Gasteiger charge is -2.06. The first-order chi connectivity index (χ1) is 8.52. The Bertz CT molecular complexity index is 740. The van der Waals surface area contributed by atoms with Gasteiger partial charge in [0, 0.05) is 6.54 Å². The minimum atomic E-state index is -0.741. The molecule has 2 aromatic rings. The van der Waals surface area contributed by atoms with Crippen LogP contribution in [-0.2, 0) is 13.2 Å². The number of rotatable bonds is 3. The molecule has 0 aliphatic carbocycles. The summed E-state index contributed by atoms with van der Waals surface area (Å²) < 4.78 is 2.95. The van der Waals surface area contributed by atoms with Crippen LogP contribution in [0.1, 0.15) is 0 Å². The second-order valence-electron chi connectivity index (χ2n) is 3.52. The number of imidazole rings is 1. The predicted octanol–water partition coefficient (Wildman–Crippen LogP) is -1.17. The molecule has 2 heterocycles. The summed E-state index contributed by atoms with van der Waals surface area (Å²) in [6, 6.07) is 0. The van der Waals surface area contributed by atoms with Crippen molar-refractivity contribution in [1.29, 1.82) is 0 Å². The minimum absolute atomic E-state index is 0.0153. The number of allylic oxidation sites excluding steroid dienone is 1. The van der Waals surface area contributed by atoms with Gasteiger partial charge in [-0.1, -0.05) is 6.08 Å². The third-order valence-electron chi connectivity index (χ3n) is 2.51. The SMILES string of the molecule is C=CCn1c(Cl)nc2c1c(=O)n(CN)c(=O)n2N. The molecule has 0 spiro atoms. The average molecular weight is 271 g/mol. The number of aromatic nitrogens is 4. The van der Waals surface area contributed by atoms with Gasteiger partial charge in [0.2, 0.25) is 5.28 Å². The van der Waals surface area contributed by atoms with Crippen molar-refractivity contribution in [3.8, 4) is 0 Å². The highest BCUT2D eigenvalue weighted by atomic mass is 35.5. The van der Waals surface area contributed by atoms with E-state index in [-0.39, 0.29) is 29.7 Å². The van der Waals surface area contributed by atoms with E-state index in [0.717, 1.165) is 9.24 Å². The van der Waals surface area contributed by atoms with Crippen LogP contribution < -0.4 is 22.8 Å². The van der Waals surface area contributed by atoms with Crippen molar-refractivity contribution < 1.29 is 0 Å². The lowest BCUT2D eigenvalue weighted by molar-refractivity contribution is 0.629. The van der Waals surface area contributed by atoms with Gasteiger partial charge in [-0.15, -0.1) is 6.58 Å². The highest BCUT2D eigenvalue weighted by Crippen LogP contribution is 2.14. The van der Waals surface area contributed by atoms with Crippen LogP contribution in [0.2, 0.25) is 5.28 Å². The summed E-state index contributed by atoms with van der Waals surface area (Å²) in [5.41, 5.74) is 4.16. The van der Waals surface area contributed by atoms with Gasteiger partial charge < -0.3 is 16.1 Å². The van der Waals surface area contributed by atoms with Crippen molar-refractivity contribution in [1.82, 2.24) is 18.8 Å². The molecule has 2 aromatic heterocycles. The van der Waals surface area contributed by atoms with Crippen LogP contribution in [0.15, 0.2) is 22.2 Å². The Hall–Kier alpha value is -2.06.